The van der Waals surface area contributed by atoms with Crippen LogP contribution in [0.25, 0.3) is 0 Å². The van der Waals surface area contributed by atoms with Crippen LogP contribution in [0, 0.1) is 0 Å². The smallest absolute Gasteiger partial charge is 0.245 e. The van der Waals surface area contributed by atoms with Crippen LogP contribution in [0.3, 0.4) is 0 Å². The molecule has 21 heavy (non-hydrogen) atoms. The number of hydrogen-bond acceptors (Lipinski definition) is 2. The Balaban J connectivity index is 2.06. The molecule has 4 nitrogen and oxygen atoms in total. The molecule has 2 rings (SSSR count). The van der Waals surface area contributed by atoms with Crippen LogP contribution in [0.15, 0.2) is 18.2 Å². The fraction of sp³-hybridized carbons (Fsp3) is 0.467. The van der Waals surface area contributed by atoms with Gasteiger partial charge in [-0.05, 0) is 38.0 Å². The van der Waals surface area contributed by atoms with Gasteiger partial charge in [0.25, 0.3) is 0 Å². The summed E-state index contributed by atoms with van der Waals surface area (Å²) >= 11 is 11.9. The number of carbonyl (C=O) groups is 2. The summed E-state index contributed by atoms with van der Waals surface area (Å²) in [6.07, 6.45) is 0.958. The van der Waals surface area contributed by atoms with Crippen LogP contribution in [0.1, 0.15) is 32.3 Å². The van der Waals surface area contributed by atoms with Crippen molar-refractivity contribution in [2.45, 2.75) is 38.8 Å². The number of likely N-dealkylation sites (tertiary alicyclic amines) is 1. The zero-order chi connectivity index (χ0) is 15.6. The Morgan fingerprint density at radius 2 is 2.14 bits per heavy atom. The van der Waals surface area contributed by atoms with Crippen LogP contribution >= 0.6 is 23.2 Å². The predicted molar refractivity (Wildman–Crippen MR) is 83.3 cm³/mol. The molecule has 1 aromatic rings. The van der Waals surface area contributed by atoms with E-state index in [0.29, 0.717) is 36.0 Å². The minimum Gasteiger partial charge on any atom is -0.350 e. The first-order chi connectivity index (χ1) is 9.88. The van der Waals surface area contributed by atoms with E-state index in [1.54, 1.807) is 30.0 Å². The van der Waals surface area contributed by atoms with Crippen LogP contribution < -0.4 is 5.32 Å². The number of nitrogens with one attached hydrogen (secondary N) is 1. The van der Waals surface area contributed by atoms with Gasteiger partial charge in [-0.25, -0.2) is 0 Å². The van der Waals surface area contributed by atoms with Crippen molar-refractivity contribution in [1.29, 1.82) is 0 Å². The quantitative estimate of drug-likeness (QED) is 0.923. The summed E-state index contributed by atoms with van der Waals surface area (Å²) in [6, 6.07) is 5.16. The fourth-order valence-electron chi connectivity index (χ4n) is 2.69. The minimum atomic E-state index is -0.773. The average Bonchev–Trinajstić information content (AvgIpc) is 2.73. The standard InChI is InChI=1S/C15H18Cl2N2O2/c1-3-19-13(20)6-7-15(19,2)14(21)18-9-10-4-5-11(16)8-12(10)17/h4-5,8H,3,6-7,9H2,1-2H3,(H,18,21)/t15-/m0/s1. The lowest BCUT2D eigenvalue weighted by atomic mass is 9.97. The van der Waals surface area contributed by atoms with Crippen molar-refractivity contribution >= 4 is 35.0 Å². The molecule has 0 radical (unpaired) electrons. The zero-order valence-corrected chi connectivity index (χ0v) is 13.6. The van der Waals surface area contributed by atoms with Gasteiger partial charge in [-0.3, -0.25) is 9.59 Å². The third-order valence-electron chi connectivity index (χ3n) is 3.98. The van der Waals surface area contributed by atoms with Gasteiger partial charge in [-0.15, -0.1) is 0 Å². The minimum absolute atomic E-state index is 0.0275. The second-order valence-electron chi connectivity index (χ2n) is 5.33. The molecule has 1 saturated heterocycles. The molecule has 1 aliphatic rings. The third-order valence-corrected chi connectivity index (χ3v) is 4.57. The maximum Gasteiger partial charge on any atom is 0.245 e. The normalized spacial score (nSPS) is 21.7. The Labute approximate surface area is 134 Å². The highest BCUT2D eigenvalue weighted by molar-refractivity contribution is 6.35. The molecule has 0 unspecified atom stereocenters. The van der Waals surface area contributed by atoms with E-state index in [-0.39, 0.29) is 11.8 Å². The molecular weight excluding hydrogens is 311 g/mol. The third kappa shape index (κ3) is 3.16. The van der Waals surface area contributed by atoms with Gasteiger partial charge in [0.05, 0.1) is 0 Å². The Morgan fingerprint density at radius 1 is 1.43 bits per heavy atom. The molecule has 0 aliphatic carbocycles. The molecule has 0 bridgehead atoms. The van der Waals surface area contributed by atoms with Gasteiger partial charge in [0.1, 0.15) is 5.54 Å². The SMILES string of the molecule is CCN1C(=O)CC[C@@]1(C)C(=O)NCc1ccc(Cl)cc1Cl. The zero-order valence-electron chi connectivity index (χ0n) is 12.1. The summed E-state index contributed by atoms with van der Waals surface area (Å²) < 4.78 is 0. The number of benzene rings is 1. The van der Waals surface area contributed by atoms with E-state index in [9.17, 15) is 9.59 Å². The Bertz CT molecular complexity index is 577. The monoisotopic (exact) mass is 328 g/mol. The largest absolute Gasteiger partial charge is 0.350 e. The van der Waals surface area contributed by atoms with Gasteiger partial charge in [-0.2, -0.15) is 0 Å². The average molecular weight is 329 g/mol. The molecule has 1 aliphatic heterocycles. The van der Waals surface area contributed by atoms with Gasteiger partial charge in [0.2, 0.25) is 11.8 Å². The van der Waals surface area contributed by atoms with Crippen molar-refractivity contribution in [2.75, 3.05) is 6.54 Å². The second-order valence-corrected chi connectivity index (χ2v) is 6.17. The molecule has 0 saturated carbocycles. The van der Waals surface area contributed by atoms with Gasteiger partial charge in [0.15, 0.2) is 0 Å². The van der Waals surface area contributed by atoms with Crippen LogP contribution in [-0.2, 0) is 16.1 Å². The Hall–Kier alpha value is -1.26. The van der Waals surface area contributed by atoms with E-state index in [4.69, 9.17) is 23.2 Å². The molecule has 1 fully saturated rings. The summed E-state index contributed by atoms with van der Waals surface area (Å²) in [6.45, 7) is 4.53. The lowest BCUT2D eigenvalue weighted by Crippen LogP contribution is -2.54. The van der Waals surface area contributed by atoms with E-state index >= 15 is 0 Å². The topological polar surface area (TPSA) is 49.4 Å². The van der Waals surface area contributed by atoms with E-state index in [1.807, 2.05) is 6.92 Å². The van der Waals surface area contributed by atoms with Crippen molar-refractivity contribution in [3.8, 4) is 0 Å². The van der Waals surface area contributed by atoms with E-state index in [2.05, 4.69) is 5.32 Å². The number of halogens is 2. The number of rotatable bonds is 4. The molecule has 2 amide bonds. The van der Waals surface area contributed by atoms with E-state index in [0.717, 1.165) is 5.56 Å². The van der Waals surface area contributed by atoms with Gasteiger partial charge in [0, 0.05) is 29.6 Å². The molecule has 1 heterocycles. The Kier molecular flexibility index (Phi) is 4.79. The second kappa shape index (κ2) is 6.24. The van der Waals surface area contributed by atoms with E-state index < -0.39 is 5.54 Å². The molecule has 1 atom stereocenters. The summed E-state index contributed by atoms with van der Waals surface area (Å²) in [5.41, 5.74) is 0.0236. The number of nitrogens with zero attached hydrogens (tertiary/aromatic N) is 1. The van der Waals surface area contributed by atoms with Crippen molar-refractivity contribution in [2.24, 2.45) is 0 Å². The highest BCUT2D eigenvalue weighted by Gasteiger charge is 2.46. The first-order valence-corrected chi connectivity index (χ1v) is 7.66. The van der Waals surface area contributed by atoms with Crippen molar-refractivity contribution < 1.29 is 9.59 Å². The van der Waals surface area contributed by atoms with Gasteiger partial charge < -0.3 is 10.2 Å². The van der Waals surface area contributed by atoms with Gasteiger partial charge >= 0.3 is 0 Å². The highest BCUT2D eigenvalue weighted by atomic mass is 35.5. The predicted octanol–water partition coefficient (Wildman–Crippen LogP) is 3.01. The maximum atomic E-state index is 12.5. The molecule has 6 heteroatoms. The Morgan fingerprint density at radius 3 is 2.76 bits per heavy atom. The summed E-state index contributed by atoms with van der Waals surface area (Å²) in [5.74, 6) is -0.124. The first-order valence-electron chi connectivity index (χ1n) is 6.91. The summed E-state index contributed by atoms with van der Waals surface area (Å²) in [7, 11) is 0. The van der Waals surface area contributed by atoms with Crippen molar-refractivity contribution in [1.82, 2.24) is 10.2 Å². The van der Waals surface area contributed by atoms with Crippen molar-refractivity contribution in [3.63, 3.8) is 0 Å². The van der Waals surface area contributed by atoms with Crippen LogP contribution in [0.4, 0.5) is 0 Å². The number of hydrogen-bond donors (Lipinski definition) is 1. The molecule has 0 aromatic heterocycles. The molecular formula is C15H18Cl2N2O2. The fourth-order valence-corrected chi connectivity index (χ4v) is 3.16. The number of likely N-dealkylation sites (N-methyl/N-ethyl adjacent to an activating group) is 1. The van der Waals surface area contributed by atoms with Crippen LogP contribution in [0.2, 0.25) is 10.0 Å². The van der Waals surface area contributed by atoms with E-state index in [1.165, 1.54) is 0 Å². The number of carbonyl (C=O) groups excluding carboxylic acids is 2. The highest BCUT2D eigenvalue weighted by Crippen LogP contribution is 2.30. The van der Waals surface area contributed by atoms with Crippen LogP contribution in [0.5, 0.6) is 0 Å². The maximum absolute atomic E-state index is 12.5. The molecule has 1 N–H and O–H groups in total. The first kappa shape index (κ1) is 16.1. The lowest BCUT2D eigenvalue weighted by molar-refractivity contribution is -0.140. The van der Waals surface area contributed by atoms with Crippen LogP contribution in [-0.4, -0.2) is 28.8 Å². The summed E-state index contributed by atoms with van der Waals surface area (Å²) in [4.78, 5) is 25.9. The number of amides is 2. The molecule has 1 aromatic carbocycles. The molecule has 114 valence electrons. The molecule has 0 spiro atoms. The van der Waals surface area contributed by atoms with Crippen molar-refractivity contribution in [3.05, 3.63) is 33.8 Å². The lowest BCUT2D eigenvalue weighted by Gasteiger charge is -2.33. The van der Waals surface area contributed by atoms with Gasteiger partial charge in [-0.1, -0.05) is 29.3 Å². The summed E-state index contributed by atoms with van der Waals surface area (Å²) in [5, 5.41) is 3.94.